The van der Waals surface area contributed by atoms with Crippen molar-refractivity contribution in [3.05, 3.63) is 99.6 Å². The van der Waals surface area contributed by atoms with Crippen molar-refractivity contribution in [3.8, 4) is 0 Å². The van der Waals surface area contributed by atoms with Crippen molar-refractivity contribution in [2.75, 3.05) is 33.5 Å². The van der Waals surface area contributed by atoms with Gasteiger partial charge < -0.3 is 14.3 Å². The first-order valence-electron chi connectivity index (χ1n) is 14.8. The van der Waals surface area contributed by atoms with Gasteiger partial charge >= 0.3 is 5.97 Å². The smallest absolute Gasteiger partial charge is 0.337 e. The molecule has 44 heavy (non-hydrogen) atoms. The van der Waals surface area contributed by atoms with Crippen molar-refractivity contribution in [1.29, 1.82) is 0 Å². The highest BCUT2D eigenvalue weighted by atomic mass is 32.2. The molecule has 1 aliphatic carbocycles. The second kappa shape index (κ2) is 13.6. The maximum absolute atomic E-state index is 12.3. The molecule has 0 bridgehead atoms. The van der Waals surface area contributed by atoms with E-state index in [-0.39, 0.29) is 42.2 Å². The molecule has 9 heteroatoms. The lowest BCUT2D eigenvalue weighted by molar-refractivity contribution is 0.0396. The Bertz CT molecular complexity index is 1610. The van der Waals surface area contributed by atoms with Gasteiger partial charge in [0.1, 0.15) is 12.3 Å². The van der Waals surface area contributed by atoms with Gasteiger partial charge in [-0.05, 0) is 84.5 Å². The Hall–Kier alpha value is -3.53. The van der Waals surface area contributed by atoms with Gasteiger partial charge in [-0.1, -0.05) is 68.7 Å². The number of aryl methyl sites for hydroxylation is 2. The van der Waals surface area contributed by atoms with Crippen LogP contribution in [0, 0.1) is 13.8 Å². The first-order chi connectivity index (χ1) is 20.7. The fourth-order valence-corrected chi connectivity index (χ4v) is 6.29. The number of rotatable bonds is 12. The molecule has 0 radical (unpaired) electrons. The molecule has 0 heterocycles. The molecule has 0 N–H and O–H groups in total. The SMILES string of the molecule is COC(=O)c1ccc(/C(=N/OCCOCCOS(=O)(=O)c2ccc(C)cc2)c2cc3c(cc2C)C(C)(C)CCC3(C)C)cc1. The fourth-order valence-electron chi connectivity index (χ4n) is 5.40. The number of carbonyl (C=O) groups excluding carboxylic acids is 1. The molecular weight excluding hydrogens is 578 g/mol. The molecule has 0 saturated carbocycles. The first kappa shape index (κ1) is 33.4. The lowest BCUT2D eigenvalue weighted by Crippen LogP contribution is -2.34. The average molecular weight is 622 g/mol. The number of esters is 1. The van der Waals surface area contributed by atoms with Crippen LogP contribution in [0.3, 0.4) is 0 Å². The van der Waals surface area contributed by atoms with Crippen LogP contribution >= 0.6 is 0 Å². The Morgan fingerprint density at radius 1 is 0.795 bits per heavy atom. The highest BCUT2D eigenvalue weighted by Gasteiger charge is 2.37. The quantitative estimate of drug-likeness (QED) is 0.0736. The molecule has 0 atom stereocenters. The van der Waals surface area contributed by atoms with E-state index in [1.165, 1.54) is 30.4 Å². The Kier molecular flexibility index (Phi) is 10.3. The molecule has 1 aliphatic rings. The third-order valence-corrected chi connectivity index (χ3v) is 9.61. The molecule has 0 spiro atoms. The molecule has 3 aromatic carbocycles. The Morgan fingerprint density at radius 3 is 1.98 bits per heavy atom. The molecule has 0 unspecified atom stereocenters. The maximum Gasteiger partial charge on any atom is 0.337 e. The Morgan fingerprint density at radius 2 is 1.36 bits per heavy atom. The van der Waals surface area contributed by atoms with E-state index in [1.54, 1.807) is 24.3 Å². The van der Waals surface area contributed by atoms with E-state index in [1.807, 2.05) is 19.1 Å². The Balaban J connectivity index is 1.48. The molecule has 236 valence electrons. The third-order valence-electron chi connectivity index (χ3n) is 8.28. The highest BCUT2D eigenvalue weighted by molar-refractivity contribution is 7.86. The zero-order valence-electron chi connectivity index (χ0n) is 26.7. The zero-order chi connectivity index (χ0) is 32.1. The standard InChI is InChI=1S/C35H43NO7S/c1-24-8-14-28(15-9-24)44(38,39)43-21-19-41-18-20-42-36-32(26-10-12-27(13-11-26)33(37)40-7)29-23-31-30(22-25(29)2)34(3,4)16-17-35(31,5)6/h8-15,22-23H,16-21H2,1-7H3/b36-32-. The van der Waals surface area contributed by atoms with E-state index in [4.69, 9.17) is 18.5 Å². The summed E-state index contributed by atoms with van der Waals surface area (Å²) in [7, 11) is -2.49. The predicted molar refractivity (Wildman–Crippen MR) is 171 cm³/mol. The summed E-state index contributed by atoms with van der Waals surface area (Å²) in [5.41, 5.74) is 7.63. The van der Waals surface area contributed by atoms with Crippen LogP contribution in [0.5, 0.6) is 0 Å². The maximum atomic E-state index is 12.3. The summed E-state index contributed by atoms with van der Waals surface area (Å²) < 4.78 is 40.2. The summed E-state index contributed by atoms with van der Waals surface area (Å²) in [6, 6.07) is 18.1. The minimum atomic E-state index is -3.85. The number of oxime groups is 1. The van der Waals surface area contributed by atoms with Crippen molar-refractivity contribution in [3.63, 3.8) is 0 Å². The minimum absolute atomic E-state index is 0.0108. The summed E-state index contributed by atoms with van der Waals surface area (Å²) in [6.45, 7) is 13.4. The summed E-state index contributed by atoms with van der Waals surface area (Å²) in [6.07, 6.45) is 2.20. The van der Waals surface area contributed by atoms with Crippen molar-refractivity contribution in [1.82, 2.24) is 0 Å². The van der Waals surface area contributed by atoms with E-state index < -0.39 is 16.1 Å². The van der Waals surface area contributed by atoms with Crippen molar-refractivity contribution >= 4 is 21.8 Å². The number of carbonyl (C=O) groups is 1. The van der Waals surface area contributed by atoms with E-state index in [0.717, 1.165) is 35.1 Å². The van der Waals surface area contributed by atoms with Gasteiger partial charge in [-0.3, -0.25) is 4.18 Å². The van der Waals surface area contributed by atoms with Gasteiger partial charge in [0, 0.05) is 11.1 Å². The van der Waals surface area contributed by atoms with Gasteiger partial charge in [0.05, 0.1) is 37.4 Å². The molecule has 0 saturated heterocycles. The van der Waals surface area contributed by atoms with Crippen LogP contribution in [0.25, 0.3) is 0 Å². The van der Waals surface area contributed by atoms with E-state index in [2.05, 4.69) is 51.9 Å². The number of nitrogens with zero attached hydrogens (tertiary/aromatic N) is 1. The van der Waals surface area contributed by atoms with Crippen LogP contribution in [0.4, 0.5) is 0 Å². The van der Waals surface area contributed by atoms with Gasteiger partial charge in [-0.25, -0.2) is 4.79 Å². The number of fused-ring (bicyclic) bond motifs is 1. The lowest BCUT2D eigenvalue weighted by atomic mass is 9.62. The molecule has 0 aliphatic heterocycles. The average Bonchev–Trinajstić information content (AvgIpc) is 2.99. The van der Waals surface area contributed by atoms with Gasteiger partial charge in [-0.2, -0.15) is 8.42 Å². The van der Waals surface area contributed by atoms with Gasteiger partial charge in [0.2, 0.25) is 0 Å². The topological polar surface area (TPSA) is 100 Å². The molecule has 0 amide bonds. The van der Waals surface area contributed by atoms with E-state index in [9.17, 15) is 13.2 Å². The van der Waals surface area contributed by atoms with Gasteiger partial charge in [0.15, 0.2) is 0 Å². The zero-order valence-corrected chi connectivity index (χ0v) is 27.5. The van der Waals surface area contributed by atoms with Gasteiger partial charge in [0.25, 0.3) is 10.1 Å². The molecular formula is C35H43NO7S. The highest BCUT2D eigenvalue weighted by Crippen LogP contribution is 2.46. The van der Waals surface area contributed by atoms with Crippen LogP contribution in [0.15, 0.2) is 70.7 Å². The summed E-state index contributed by atoms with van der Waals surface area (Å²) in [5, 5.41) is 4.55. The third kappa shape index (κ3) is 7.75. The number of methoxy groups -OCH3 is 1. The van der Waals surface area contributed by atoms with Crippen LogP contribution in [-0.4, -0.2) is 53.6 Å². The first-order valence-corrected chi connectivity index (χ1v) is 16.2. The van der Waals surface area contributed by atoms with Crippen LogP contribution in [0.2, 0.25) is 0 Å². The van der Waals surface area contributed by atoms with Gasteiger partial charge in [-0.15, -0.1) is 0 Å². The summed E-state index contributed by atoms with van der Waals surface area (Å²) in [5.74, 6) is -0.409. The molecule has 4 rings (SSSR count). The molecule has 0 fully saturated rings. The molecule has 8 nitrogen and oxygen atoms in total. The van der Waals surface area contributed by atoms with Crippen molar-refractivity contribution < 1.29 is 31.7 Å². The molecule has 3 aromatic rings. The van der Waals surface area contributed by atoms with E-state index in [0.29, 0.717) is 11.3 Å². The largest absolute Gasteiger partial charge is 0.465 e. The van der Waals surface area contributed by atoms with Crippen LogP contribution < -0.4 is 0 Å². The minimum Gasteiger partial charge on any atom is -0.465 e. The second-order valence-electron chi connectivity index (χ2n) is 12.5. The second-order valence-corrected chi connectivity index (χ2v) is 14.1. The number of hydrogen-bond donors (Lipinski definition) is 0. The summed E-state index contributed by atoms with van der Waals surface area (Å²) in [4.78, 5) is 17.9. The number of hydrogen-bond acceptors (Lipinski definition) is 8. The fraction of sp³-hybridized carbons (Fsp3) is 0.429. The summed E-state index contributed by atoms with van der Waals surface area (Å²) >= 11 is 0. The van der Waals surface area contributed by atoms with Crippen LogP contribution in [0.1, 0.15) is 84.3 Å². The monoisotopic (exact) mass is 621 g/mol. The van der Waals surface area contributed by atoms with Crippen LogP contribution in [-0.2, 0) is 39.4 Å². The van der Waals surface area contributed by atoms with Crippen molar-refractivity contribution in [2.45, 2.75) is 70.1 Å². The predicted octanol–water partition coefficient (Wildman–Crippen LogP) is 6.63. The normalized spacial score (nSPS) is 15.8. The number of ether oxygens (including phenoxy) is 2. The molecule has 0 aromatic heterocycles. The van der Waals surface area contributed by atoms with Crippen molar-refractivity contribution in [2.24, 2.45) is 5.16 Å². The lowest BCUT2D eigenvalue weighted by Gasteiger charge is -2.42. The van der Waals surface area contributed by atoms with E-state index >= 15 is 0 Å². The number of benzene rings is 3. The Labute approximate surface area is 261 Å².